The summed E-state index contributed by atoms with van der Waals surface area (Å²) in [7, 11) is -9.92. The van der Waals surface area contributed by atoms with E-state index in [-0.39, 0.29) is 6.15 Å². The van der Waals surface area contributed by atoms with Gasteiger partial charge in [0.25, 0.3) is 7.82 Å². The minimum Gasteiger partial charge on any atom is -0.756 e. The first-order chi connectivity index (χ1) is 7.54. The van der Waals surface area contributed by atoms with E-state index in [0.717, 1.165) is 0 Å². The van der Waals surface area contributed by atoms with Crippen LogP contribution in [0, 0.1) is 5.41 Å². The Balaban J connectivity index is 0. The van der Waals surface area contributed by atoms with Crippen LogP contribution in [0.1, 0.15) is 0 Å². The molecule has 0 heterocycles. The number of phosphoric ester groups is 2. The van der Waals surface area contributed by atoms with E-state index in [9.17, 15) is 14.0 Å². The highest BCUT2D eigenvalue weighted by atomic mass is 31.2. The van der Waals surface area contributed by atoms with Crippen LogP contribution in [0.5, 0.6) is 0 Å². The van der Waals surface area contributed by atoms with Crippen molar-refractivity contribution in [2.45, 2.75) is 0 Å². The van der Waals surface area contributed by atoms with Crippen molar-refractivity contribution in [3.05, 3.63) is 0 Å². The van der Waals surface area contributed by atoms with Crippen LogP contribution in [-0.4, -0.2) is 51.3 Å². The van der Waals surface area contributed by atoms with E-state index in [1.165, 1.54) is 0 Å². The van der Waals surface area contributed by atoms with Crippen LogP contribution < -0.4 is 11.0 Å². The quantitative estimate of drug-likeness (QED) is 0.269. The maximum atomic E-state index is 10.4. The number of quaternary nitrogens is 1. The van der Waals surface area contributed by atoms with Gasteiger partial charge in [-0.2, -0.15) is 0 Å². The Morgan fingerprint density at radius 2 is 1.39 bits per heavy atom. The zero-order chi connectivity index (χ0) is 13.7. The largest absolute Gasteiger partial charge is 0.756 e. The molecular weight excluding hydrogens is 296 g/mol. The lowest BCUT2D eigenvalue weighted by Gasteiger charge is -2.30. The monoisotopic (exact) mass is 313 g/mol. The summed E-state index contributed by atoms with van der Waals surface area (Å²) < 4.78 is 28.7. The molecule has 0 saturated heterocycles. The molecule has 0 aromatic heterocycles. The zero-order valence-corrected chi connectivity index (χ0v) is 11.3. The fraction of sp³-hybridized carbons (Fsp3) is 1.00. The first-order valence-electron chi connectivity index (χ1n) is 4.14. The summed E-state index contributed by atoms with van der Waals surface area (Å²) in [6.45, 7) is -3.49. The first-order valence-corrected chi connectivity index (χ1v) is 7.16. The summed E-state index contributed by atoms with van der Waals surface area (Å²) in [4.78, 5) is 35.5. The predicted molar refractivity (Wildman–Crippen MR) is 56.4 cm³/mol. The molecule has 18 heavy (non-hydrogen) atoms. The van der Waals surface area contributed by atoms with Crippen molar-refractivity contribution in [2.24, 2.45) is 5.41 Å². The molecule has 0 bridgehead atoms. The predicted octanol–water partition coefficient (Wildman–Crippen LogP) is -2.08. The van der Waals surface area contributed by atoms with Crippen LogP contribution in [0.25, 0.3) is 0 Å². The molecule has 0 aliphatic rings. The van der Waals surface area contributed by atoms with Crippen molar-refractivity contribution < 1.29 is 48.0 Å². The second-order valence-corrected chi connectivity index (χ2v) is 5.76. The van der Waals surface area contributed by atoms with E-state index in [2.05, 4.69) is 9.05 Å². The molecule has 9 N–H and O–H groups in total. The van der Waals surface area contributed by atoms with E-state index < -0.39 is 47.5 Å². The summed E-state index contributed by atoms with van der Waals surface area (Å²) in [5.74, 6) is 0. The Labute approximate surface area is 102 Å². The van der Waals surface area contributed by atoms with Crippen LogP contribution in [0.2, 0.25) is 0 Å². The van der Waals surface area contributed by atoms with Gasteiger partial charge in [0.15, 0.2) is 0 Å². The molecule has 0 aliphatic carbocycles. The van der Waals surface area contributed by atoms with E-state index in [1.54, 1.807) is 0 Å². The lowest BCUT2D eigenvalue weighted by molar-refractivity contribution is -0.223. The number of hydrogen-bond acceptors (Lipinski definition) is 7. The van der Waals surface area contributed by atoms with Gasteiger partial charge in [-0.05, 0) is 0 Å². The number of phosphoric acid groups is 2. The number of aliphatic hydroxyl groups is 2. The van der Waals surface area contributed by atoms with Gasteiger partial charge >= 0.3 is 7.82 Å². The van der Waals surface area contributed by atoms with Gasteiger partial charge in [0.05, 0.1) is 31.8 Å². The normalized spacial score (nSPS) is 15.9. The SMILES string of the molecule is O=P([O-])(O)OCC(CO)(CO)COP(=O)(O)O.[NH4+]. The Hall–Kier alpha value is 0.1000. The standard InChI is InChI=1S/C5H14O10P2.H3N/c6-1-5(2-7,3-14-16(8,9)10)4-15-17(11,12)13;/h6-7H,1-4H2,(H2,8,9,10)(H2,11,12,13);1H3. The summed E-state index contributed by atoms with van der Waals surface area (Å²) in [6.07, 6.45) is 0. The summed E-state index contributed by atoms with van der Waals surface area (Å²) >= 11 is 0. The Bertz CT molecular complexity index is 290. The molecular formula is C5H17NO10P2. The highest BCUT2D eigenvalue weighted by Crippen LogP contribution is 2.39. The second kappa shape index (κ2) is 7.63. The number of rotatable bonds is 8. The minimum atomic E-state index is -5.07. The maximum absolute atomic E-state index is 10.4. The van der Waals surface area contributed by atoms with Crippen molar-refractivity contribution in [3.63, 3.8) is 0 Å². The third kappa shape index (κ3) is 9.09. The van der Waals surface area contributed by atoms with E-state index in [4.69, 9.17) is 24.9 Å². The third-order valence-corrected chi connectivity index (χ3v) is 2.66. The molecule has 0 amide bonds. The molecule has 0 aliphatic heterocycles. The van der Waals surface area contributed by atoms with Crippen LogP contribution >= 0.6 is 15.6 Å². The van der Waals surface area contributed by atoms with Gasteiger partial charge in [-0.15, -0.1) is 0 Å². The summed E-state index contributed by atoms with van der Waals surface area (Å²) in [5, 5.41) is 17.8. The fourth-order valence-electron chi connectivity index (χ4n) is 0.714. The Morgan fingerprint density at radius 3 is 1.67 bits per heavy atom. The molecule has 1 atom stereocenters. The second-order valence-electron chi connectivity index (χ2n) is 3.32. The Morgan fingerprint density at radius 1 is 1.00 bits per heavy atom. The average Bonchev–Trinajstić information content (AvgIpc) is 2.16. The summed E-state index contributed by atoms with van der Waals surface area (Å²) in [6, 6.07) is 0. The molecule has 0 spiro atoms. The van der Waals surface area contributed by atoms with Crippen molar-refractivity contribution in [1.29, 1.82) is 0 Å². The molecule has 0 radical (unpaired) electrons. The van der Waals surface area contributed by atoms with E-state index in [1.807, 2.05) is 0 Å². The van der Waals surface area contributed by atoms with E-state index in [0.29, 0.717) is 0 Å². The summed E-state index contributed by atoms with van der Waals surface area (Å²) in [5.41, 5.74) is -1.76. The van der Waals surface area contributed by atoms with Crippen molar-refractivity contribution in [3.8, 4) is 0 Å². The molecule has 112 valence electrons. The lowest BCUT2D eigenvalue weighted by atomic mass is 9.93. The van der Waals surface area contributed by atoms with Gasteiger partial charge in [-0.3, -0.25) is 9.09 Å². The molecule has 1 unspecified atom stereocenters. The lowest BCUT2D eigenvalue weighted by Crippen LogP contribution is -2.39. The van der Waals surface area contributed by atoms with E-state index >= 15 is 0 Å². The molecule has 11 nitrogen and oxygen atoms in total. The smallest absolute Gasteiger partial charge is 0.469 e. The molecule has 0 aromatic carbocycles. The molecule has 13 heteroatoms. The molecule has 0 aromatic rings. The van der Waals surface area contributed by atoms with Crippen LogP contribution in [0.3, 0.4) is 0 Å². The average molecular weight is 313 g/mol. The molecule has 0 saturated carbocycles. The zero-order valence-electron chi connectivity index (χ0n) is 9.50. The van der Waals surface area contributed by atoms with Gasteiger partial charge in [0.1, 0.15) is 0 Å². The minimum absolute atomic E-state index is 0. The van der Waals surface area contributed by atoms with Gasteiger partial charge in [0.2, 0.25) is 0 Å². The molecule has 0 fully saturated rings. The highest BCUT2D eigenvalue weighted by Gasteiger charge is 2.34. The third-order valence-electron chi connectivity index (χ3n) is 1.74. The maximum Gasteiger partial charge on any atom is 0.469 e. The number of aliphatic hydroxyl groups excluding tert-OH is 2. The molecule has 0 rings (SSSR count). The van der Waals surface area contributed by atoms with Gasteiger partial charge in [-0.25, -0.2) is 4.57 Å². The van der Waals surface area contributed by atoms with Crippen molar-refractivity contribution in [1.82, 2.24) is 6.15 Å². The van der Waals surface area contributed by atoms with Crippen LogP contribution in [-0.2, 0) is 18.2 Å². The van der Waals surface area contributed by atoms with Crippen LogP contribution in [0.15, 0.2) is 0 Å². The van der Waals surface area contributed by atoms with Gasteiger partial charge in [-0.1, -0.05) is 0 Å². The van der Waals surface area contributed by atoms with Crippen LogP contribution in [0.4, 0.5) is 0 Å². The fourth-order valence-corrected chi connectivity index (χ4v) is 1.59. The topological polar surface area (TPSA) is 213 Å². The van der Waals surface area contributed by atoms with Crippen molar-refractivity contribution in [2.75, 3.05) is 26.4 Å². The van der Waals surface area contributed by atoms with Gasteiger partial charge in [0, 0.05) is 0 Å². The highest BCUT2D eigenvalue weighted by molar-refractivity contribution is 7.46. The first kappa shape index (κ1) is 20.4. The Kier molecular flexibility index (Phi) is 8.66. The number of hydrogen-bond donors (Lipinski definition) is 6. The van der Waals surface area contributed by atoms with Gasteiger partial charge < -0.3 is 40.5 Å². The van der Waals surface area contributed by atoms with Crippen molar-refractivity contribution >= 4 is 15.6 Å².